The first-order chi connectivity index (χ1) is 15.9. The van der Waals surface area contributed by atoms with Gasteiger partial charge in [-0.3, -0.25) is 4.79 Å². The van der Waals surface area contributed by atoms with E-state index < -0.39 is 0 Å². The van der Waals surface area contributed by atoms with Gasteiger partial charge in [0.05, 0.1) is 26.2 Å². The van der Waals surface area contributed by atoms with E-state index >= 15 is 0 Å². The van der Waals surface area contributed by atoms with Crippen molar-refractivity contribution < 1.29 is 19.1 Å². The molecule has 0 bridgehead atoms. The van der Waals surface area contributed by atoms with Gasteiger partial charge < -0.3 is 25.0 Å². The SMILES string of the molecule is CCc1ccc(C2CCC(C(=O)Nc3ccc(OC)c(OC)c3)CN2C(=O)NC(C)C)cc1. The lowest BCUT2D eigenvalue weighted by Crippen LogP contribution is -2.50. The number of rotatable bonds is 7. The van der Waals surface area contributed by atoms with E-state index in [9.17, 15) is 9.59 Å². The number of ether oxygens (including phenoxy) is 2. The van der Waals surface area contributed by atoms with E-state index in [2.05, 4.69) is 41.8 Å². The molecule has 7 heteroatoms. The molecule has 2 unspecified atom stereocenters. The van der Waals surface area contributed by atoms with E-state index in [1.807, 2.05) is 18.7 Å². The van der Waals surface area contributed by atoms with Crippen LogP contribution in [0.5, 0.6) is 11.5 Å². The lowest BCUT2D eigenvalue weighted by atomic mass is 9.88. The van der Waals surface area contributed by atoms with Crippen molar-refractivity contribution in [1.82, 2.24) is 10.2 Å². The highest BCUT2D eigenvalue weighted by molar-refractivity contribution is 5.93. The van der Waals surface area contributed by atoms with Crippen molar-refractivity contribution in [1.29, 1.82) is 0 Å². The van der Waals surface area contributed by atoms with Crippen LogP contribution < -0.4 is 20.1 Å². The van der Waals surface area contributed by atoms with Crippen molar-refractivity contribution in [2.24, 2.45) is 5.92 Å². The molecule has 3 amide bonds. The summed E-state index contributed by atoms with van der Waals surface area (Å²) < 4.78 is 10.6. The molecular formula is C26H35N3O4. The predicted molar refractivity (Wildman–Crippen MR) is 130 cm³/mol. The largest absolute Gasteiger partial charge is 0.493 e. The fourth-order valence-corrected chi connectivity index (χ4v) is 4.22. The van der Waals surface area contributed by atoms with Gasteiger partial charge in [-0.05, 0) is 56.4 Å². The Hall–Kier alpha value is -3.22. The van der Waals surface area contributed by atoms with Gasteiger partial charge in [0, 0.05) is 24.3 Å². The van der Waals surface area contributed by atoms with Gasteiger partial charge in [-0.2, -0.15) is 0 Å². The van der Waals surface area contributed by atoms with Gasteiger partial charge in [0.1, 0.15) is 0 Å². The minimum Gasteiger partial charge on any atom is -0.493 e. The Bertz CT molecular complexity index is 959. The summed E-state index contributed by atoms with van der Waals surface area (Å²) >= 11 is 0. The topological polar surface area (TPSA) is 79.9 Å². The summed E-state index contributed by atoms with van der Waals surface area (Å²) in [5, 5.41) is 5.97. The number of carbonyl (C=O) groups excluding carboxylic acids is 2. The average molecular weight is 454 g/mol. The smallest absolute Gasteiger partial charge is 0.318 e. The molecule has 1 saturated heterocycles. The van der Waals surface area contributed by atoms with Crippen LogP contribution in [-0.2, 0) is 11.2 Å². The Labute approximate surface area is 196 Å². The van der Waals surface area contributed by atoms with Crippen LogP contribution in [-0.4, -0.2) is 43.6 Å². The van der Waals surface area contributed by atoms with Crippen LogP contribution in [0.4, 0.5) is 10.5 Å². The number of likely N-dealkylation sites (tertiary alicyclic amines) is 1. The third-order valence-corrected chi connectivity index (χ3v) is 6.05. The number of hydrogen-bond donors (Lipinski definition) is 2. The first-order valence-corrected chi connectivity index (χ1v) is 11.5. The highest BCUT2D eigenvalue weighted by Gasteiger charge is 2.36. The summed E-state index contributed by atoms with van der Waals surface area (Å²) in [6.45, 7) is 6.36. The molecule has 0 radical (unpaired) electrons. The molecule has 7 nitrogen and oxygen atoms in total. The molecule has 0 spiro atoms. The van der Waals surface area contributed by atoms with Crippen LogP contribution in [0, 0.1) is 5.92 Å². The number of urea groups is 1. The number of piperidine rings is 1. The predicted octanol–water partition coefficient (Wildman–Crippen LogP) is 4.78. The molecule has 0 aromatic heterocycles. The van der Waals surface area contributed by atoms with Gasteiger partial charge in [0.2, 0.25) is 5.91 Å². The molecule has 2 atom stereocenters. The number of carbonyl (C=O) groups is 2. The van der Waals surface area contributed by atoms with Gasteiger partial charge in [-0.15, -0.1) is 0 Å². The molecule has 3 rings (SSSR count). The molecule has 2 aromatic carbocycles. The van der Waals surface area contributed by atoms with Gasteiger partial charge in [-0.1, -0.05) is 31.2 Å². The maximum Gasteiger partial charge on any atom is 0.318 e. The third-order valence-electron chi connectivity index (χ3n) is 6.05. The second-order valence-electron chi connectivity index (χ2n) is 8.70. The third kappa shape index (κ3) is 5.97. The molecule has 178 valence electrons. The molecule has 1 aliphatic rings. The zero-order chi connectivity index (χ0) is 24.0. The number of anilines is 1. The molecule has 1 aliphatic heterocycles. The number of methoxy groups -OCH3 is 2. The quantitative estimate of drug-likeness (QED) is 0.633. The van der Waals surface area contributed by atoms with Crippen molar-refractivity contribution in [2.75, 3.05) is 26.1 Å². The normalized spacial score (nSPS) is 18.1. The van der Waals surface area contributed by atoms with Crippen molar-refractivity contribution >= 4 is 17.6 Å². The van der Waals surface area contributed by atoms with Gasteiger partial charge in [-0.25, -0.2) is 4.79 Å². The Balaban J connectivity index is 1.77. The number of aryl methyl sites for hydroxylation is 1. The highest BCUT2D eigenvalue weighted by atomic mass is 16.5. The van der Waals surface area contributed by atoms with E-state index in [4.69, 9.17) is 9.47 Å². The maximum atomic E-state index is 13.1. The minimum atomic E-state index is -0.304. The van der Waals surface area contributed by atoms with Crippen LogP contribution in [0.1, 0.15) is 50.8 Å². The molecule has 2 aromatic rings. The van der Waals surface area contributed by atoms with E-state index in [0.29, 0.717) is 30.2 Å². The molecule has 1 fully saturated rings. The Morgan fingerprint density at radius 1 is 1.03 bits per heavy atom. The molecular weight excluding hydrogens is 418 g/mol. The lowest BCUT2D eigenvalue weighted by molar-refractivity contribution is -0.121. The van der Waals surface area contributed by atoms with Crippen LogP contribution in [0.15, 0.2) is 42.5 Å². The first kappa shape index (κ1) is 24.4. The number of amides is 3. The first-order valence-electron chi connectivity index (χ1n) is 11.5. The summed E-state index contributed by atoms with van der Waals surface area (Å²) in [5.74, 6) is 0.737. The summed E-state index contributed by atoms with van der Waals surface area (Å²) in [6.07, 6.45) is 2.40. The van der Waals surface area contributed by atoms with Crippen molar-refractivity contribution in [3.63, 3.8) is 0 Å². The minimum absolute atomic E-state index is 0.0154. The molecule has 0 aliphatic carbocycles. The Morgan fingerprint density at radius 3 is 2.33 bits per heavy atom. The van der Waals surface area contributed by atoms with Crippen LogP contribution in [0.3, 0.4) is 0 Å². The van der Waals surface area contributed by atoms with Crippen molar-refractivity contribution in [2.45, 2.75) is 52.1 Å². The summed E-state index contributed by atoms with van der Waals surface area (Å²) in [7, 11) is 3.13. The standard InChI is InChI=1S/C26H35N3O4/c1-6-18-7-9-19(10-8-18)22-13-11-20(16-29(22)26(31)27-17(2)3)25(30)28-21-12-14-23(32-4)24(15-21)33-5/h7-10,12,14-15,17,20,22H,6,11,13,16H2,1-5H3,(H,27,31)(H,28,30). The summed E-state index contributed by atoms with van der Waals surface area (Å²) in [4.78, 5) is 28.0. The van der Waals surface area contributed by atoms with Crippen molar-refractivity contribution in [3.05, 3.63) is 53.6 Å². The zero-order valence-electron chi connectivity index (χ0n) is 20.2. The monoisotopic (exact) mass is 453 g/mol. The summed E-state index contributed by atoms with van der Waals surface area (Å²) in [5.41, 5.74) is 3.00. The lowest BCUT2D eigenvalue weighted by Gasteiger charge is -2.39. The van der Waals surface area contributed by atoms with E-state index in [0.717, 1.165) is 18.4 Å². The Morgan fingerprint density at radius 2 is 1.73 bits per heavy atom. The van der Waals surface area contributed by atoms with E-state index in [1.165, 1.54) is 5.56 Å². The van der Waals surface area contributed by atoms with Gasteiger partial charge >= 0.3 is 6.03 Å². The van der Waals surface area contributed by atoms with Gasteiger partial charge in [0.15, 0.2) is 11.5 Å². The average Bonchev–Trinajstić information content (AvgIpc) is 2.83. The maximum absolute atomic E-state index is 13.1. The second-order valence-corrected chi connectivity index (χ2v) is 8.70. The molecule has 1 heterocycles. The fraction of sp³-hybridized carbons (Fsp3) is 0.462. The number of nitrogens with one attached hydrogen (secondary N) is 2. The van der Waals surface area contributed by atoms with E-state index in [-0.39, 0.29) is 29.9 Å². The number of nitrogens with zero attached hydrogens (tertiary/aromatic N) is 1. The summed E-state index contributed by atoms with van der Waals surface area (Å²) in [6, 6.07) is 13.5. The van der Waals surface area contributed by atoms with Gasteiger partial charge in [0.25, 0.3) is 0 Å². The van der Waals surface area contributed by atoms with Crippen molar-refractivity contribution in [3.8, 4) is 11.5 Å². The van der Waals surface area contributed by atoms with Crippen LogP contribution >= 0.6 is 0 Å². The fourth-order valence-electron chi connectivity index (χ4n) is 4.22. The highest BCUT2D eigenvalue weighted by Crippen LogP contribution is 2.35. The number of benzene rings is 2. The zero-order valence-corrected chi connectivity index (χ0v) is 20.2. The number of hydrogen-bond acceptors (Lipinski definition) is 4. The van der Waals surface area contributed by atoms with Crippen LogP contribution in [0.25, 0.3) is 0 Å². The Kier molecular flexibility index (Phi) is 8.20. The molecule has 2 N–H and O–H groups in total. The molecule has 33 heavy (non-hydrogen) atoms. The molecule has 0 saturated carbocycles. The van der Waals surface area contributed by atoms with Crippen LogP contribution in [0.2, 0.25) is 0 Å². The second kappa shape index (κ2) is 11.1. The van der Waals surface area contributed by atoms with E-state index in [1.54, 1.807) is 32.4 Å².